The van der Waals surface area contributed by atoms with Gasteiger partial charge in [0.2, 0.25) is 0 Å². The number of hydrogen-bond acceptors (Lipinski definition) is 3. The van der Waals surface area contributed by atoms with E-state index in [9.17, 15) is 0 Å². The Morgan fingerprint density at radius 2 is 2.00 bits per heavy atom. The Kier molecular flexibility index (Phi) is 5.22. The van der Waals surface area contributed by atoms with Crippen LogP contribution >= 0.6 is 0 Å². The Bertz CT molecular complexity index is 201. The standard InChI is InChI=1S/C13H29N3/c1-7-12(14-4)11(3)16-8-10(2)13(9-16)15(5)6/h10-14H,7-9H2,1-6H3. The van der Waals surface area contributed by atoms with Crippen LogP contribution in [0.15, 0.2) is 0 Å². The second-order valence-corrected chi connectivity index (χ2v) is 5.51. The zero-order chi connectivity index (χ0) is 12.3. The first-order valence-electron chi connectivity index (χ1n) is 6.59. The summed E-state index contributed by atoms with van der Waals surface area (Å²) in [6.45, 7) is 9.45. The minimum atomic E-state index is 0.619. The summed E-state index contributed by atoms with van der Waals surface area (Å²) in [4.78, 5) is 5.01. The molecule has 4 atom stereocenters. The van der Waals surface area contributed by atoms with Crippen LogP contribution in [0.2, 0.25) is 0 Å². The molecule has 0 spiro atoms. The van der Waals surface area contributed by atoms with Crippen LogP contribution in [0.5, 0.6) is 0 Å². The third kappa shape index (κ3) is 2.96. The van der Waals surface area contributed by atoms with E-state index in [0.29, 0.717) is 12.1 Å². The highest BCUT2D eigenvalue weighted by molar-refractivity contribution is 4.91. The smallest absolute Gasteiger partial charge is 0.0254 e. The van der Waals surface area contributed by atoms with Crippen molar-refractivity contribution in [1.29, 1.82) is 0 Å². The number of nitrogens with one attached hydrogen (secondary N) is 1. The molecule has 1 N–H and O–H groups in total. The Labute approximate surface area is 101 Å². The van der Waals surface area contributed by atoms with Gasteiger partial charge in [-0.25, -0.2) is 0 Å². The maximum absolute atomic E-state index is 3.43. The first-order valence-corrected chi connectivity index (χ1v) is 6.59. The summed E-state index contributed by atoms with van der Waals surface area (Å²) in [5.74, 6) is 0.784. The van der Waals surface area contributed by atoms with Crippen molar-refractivity contribution in [3.05, 3.63) is 0 Å². The van der Waals surface area contributed by atoms with Crippen LogP contribution in [0.1, 0.15) is 27.2 Å². The van der Waals surface area contributed by atoms with Crippen molar-refractivity contribution in [2.45, 2.75) is 45.3 Å². The maximum Gasteiger partial charge on any atom is 0.0254 e. The molecule has 0 aromatic carbocycles. The Morgan fingerprint density at radius 1 is 1.38 bits per heavy atom. The van der Waals surface area contributed by atoms with Gasteiger partial charge < -0.3 is 10.2 Å². The summed E-state index contributed by atoms with van der Waals surface area (Å²) >= 11 is 0. The number of likely N-dealkylation sites (N-methyl/N-ethyl adjacent to an activating group) is 2. The topological polar surface area (TPSA) is 18.5 Å². The lowest BCUT2D eigenvalue weighted by Crippen LogP contribution is -2.47. The van der Waals surface area contributed by atoms with E-state index < -0.39 is 0 Å². The monoisotopic (exact) mass is 227 g/mol. The van der Waals surface area contributed by atoms with Crippen LogP contribution in [0.25, 0.3) is 0 Å². The molecular weight excluding hydrogens is 198 g/mol. The van der Waals surface area contributed by atoms with E-state index in [1.54, 1.807) is 0 Å². The first-order chi connectivity index (χ1) is 7.51. The lowest BCUT2D eigenvalue weighted by molar-refractivity contribution is 0.189. The zero-order valence-electron chi connectivity index (χ0n) is 11.8. The molecule has 3 heteroatoms. The third-order valence-corrected chi connectivity index (χ3v) is 4.23. The number of nitrogens with zero attached hydrogens (tertiary/aromatic N) is 2. The molecule has 4 unspecified atom stereocenters. The minimum absolute atomic E-state index is 0.619. The molecular formula is C13H29N3. The van der Waals surface area contributed by atoms with Gasteiger partial charge in [-0.1, -0.05) is 13.8 Å². The summed E-state index contributed by atoms with van der Waals surface area (Å²) < 4.78 is 0. The molecule has 1 aliphatic rings. The van der Waals surface area contributed by atoms with Gasteiger partial charge in [-0.3, -0.25) is 4.90 Å². The SMILES string of the molecule is CCC(NC)C(C)N1CC(C)C(N(C)C)C1. The van der Waals surface area contributed by atoms with Crippen molar-refractivity contribution in [3.8, 4) is 0 Å². The molecule has 0 bridgehead atoms. The van der Waals surface area contributed by atoms with Crippen LogP contribution in [-0.4, -0.2) is 62.2 Å². The molecule has 16 heavy (non-hydrogen) atoms. The largest absolute Gasteiger partial charge is 0.315 e. The lowest BCUT2D eigenvalue weighted by Gasteiger charge is -2.31. The molecule has 0 aliphatic carbocycles. The van der Waals surface area contributed by atoms with Crippen LogP contribution < -0.4 is 5.32 Å². The molecule has 0 aromatic heterocycles. The van der Waals surface area contributed by atoms with Crippen molar-refractivity contribution in [2.75, 3.05) is 34.2 Å². The molecule has 1 heterocycles. The average molecular weight is 227 g/mol. The Balaban J connectivity index is 2.57. The van der Waals surface area contributed by atoms with E-state index in [2.05, 4.69) is 57.0 Å². The van der Waals surface area contributed by atoms with Crippen LogP contribution in [0.3, 0.4) is 0 Å². The molecule has 0 saturated carbocycles. The highest BCUT2D eigenvalue weighted by atomic mass is 15.3. The van der Waals surface area contributed by atoms with Gasteiger partial charge in [0.25, 0.3) is 0 Å². The van der Waals surface area contributed by atoms with Crippen molar-refractivity contribution in [2.24, 2.45) is 5.92 Å². The third-order valence-electron chi connectivity index (χ3n) is 4.23. The van der Waals surface area contributed by atoms with E-state index in [-0.39, 0.29) is 0 Å². The summed E-state index contributed by atoms with van der Waals surface area (Å²) in [6, 6.07) is 1.98. The number of likely N-dealkylation sites (tertiary alicyclic amines) is 1. The van der Waals surface area contributed by atoms with E-state index >= 15 is 0 Å². The normalized spacial score (nSPS) is 30.9. The average Bonchev–Trinajstić information content (AvgIpc) is 2.62. The number of hydrogen-bond donors (Lipinski definition) is 1. The second-order valence-electron chi connectivity index (χ2n) is 5.51. The van der Waals surface area contributed by atoms with E-state index in [4.69, 9.17) is 0 Å². The zero-order valence-corrected chi connectivity index (χ0v) is 11.8. The summed E-state index contributed by atoms with van der Waals surface area (Å²) in [6.07, 6.45) is 1.20. The highest BCUT2D eigenvalue weighted by Crippen LogP contribution is 2.23. The van der Waals surface area contributed by atoms with Crippen molar-refractivity contribution >= 4 is 0 Å². The summed E-state index contributed by atoms with van der Waals surface area (Å²) in [7, 11) is 6.48. The lowest BCUT2D eigenvalue weighted by atomic mass is 10.1. The molecule has 0 radical (unpaired) electrons. The molecule has 96 valence electrons. The van der Waals surface area contributed by atoms with Gasteiger partial charge in [0.15, 0.2) is 0 Å². The van der Waals surface area contributed by atoms with Crippen LogP contribution in [0, 0.1) is 5.92 Å². The van der Waals surface area contributed by atoms with Gasteiger partial charge in [0.05, 0.1) is 0 Å². The molecule has 1 saturated heterocycles. The first kappa shape index (κ1) is 13.9. The van der Waals surface area contributed by atoms with Crippen LogP contribution in [-0.2, 0) is 0 Å². The molecule has 1 rings (SSSR count). The fraction of sp³-hybridized carbons (Fsp3) is 1.00. The fourth-order valence-corrected chi connectivity index (χ4v) is 3.03. The van der Waals surface area contributed by atoms with E-state index in [0.717, 1.165) is 12.0 Å². The second kappa shape index (κ2) is 5.99. The molecule has 3 nitrogen and oxygen atoms in total. The highest BCUT2D eigenvalue weighted by Gasteiger charge is 2.34. The minimum Gasteiger partial charge on any atom is -0.315 e. The van der Waals surface area contributed by atoms with Gasteiger partial charge in [0, 0.05) is 31.2 Å². The van der Waals surface area contributed by atoms with Gasteiger partial charge in [-0.15, -0.1) is 0 Å². The molecule has 0 aromatic rings. The Hall–Kier alpha value is -0.120. The quantitative estimate of drug-likeness (QED) is 0.763. The van der Waals surface area contributed by atoms with Gasteiger partial charge >= 0.3 is 0 Å². The van der Waals surface area contributed by atoms with Gasteiger partial charge in [-0.05, 0) is 40.4 Å². The van der Waals surface area contributed by atoms with Crippen LogP contribution in [0.4, 0.5) is 0 Å². The molecule has 1 aliphatic heterocycles. The van der Waals surface area contributed by atoms with Crippen molar-refractivity contribution in [3.63, 3.8) is 0 Å². The van der Waals surface area contributed by atoms with Gasteiger partial charge in [0.1, 0.15) is 0 Å². The molecule has 0 amide bonds. The fourth-order valence-electron chi connectivity index (χ4n) is 3.03. The predicted octanol–water partition coefficient (Wildman–Crippen LogP) is 1.25. The van der Waals surface area contributed by atoms with Crippen molar-refractivity contribution in [1.82, 2.24) is 15.1 Å². The molecule has 1 fully saturated rings. The maximum atomic E-state index is 3.43. The predicted molar refractivity (Wildman–Crippen MR) is 70.8 cm³/mol. The van der Waals surface area contributed by atoms with Crippen molar-refractivity contribution < 1.29 is 0 Å². The number of rotatable bonds is 5. The van der Waals surface area contributed by atoms with Gasteiger partial charge in [-0.2, -0.15) is 0 Å². The van der Waals surface area contributed by atoms with E-state index in [1.807, 2.05) is 0 Å². The van der Waals surface area contributed by atoms with E-state index in [1.165, 1.54) is 19.5 Å². The summed E-state index contributed by atoms with van der Waals surface area (Å²) in [5.41, 5.74) is 0. The Morgan fingerprint density at radius 3 is 2.38 bits per heavy atom. The summed E-state index contributed by atoms with van der Waals surface area (Å²) in [5, 5.41) is 3.43.